The average molecular weight is 281 g/mol. The zero-order valence-corrected chi connectivity index (χ0v) is 11.3. The fourth-order valence-electron chi connectivity index (χ4n) is 2.24. The third-order valence-electron chi connectivity index (χ3n) is 3.29. The molecule has 1 aromatic heterocycles. The Morgan fingerprint density at radius 3 is 2.76 bits per heavy atom. The maximum Gasteiger partial charge on any atom is 0.195 e. The summed E-state index contributed by atoms with van der Waals surface area (Å²) in [5.74, 6) is -0.656. The van der Waals surface area contributed by atoms with Gasteiger partial charge in [-0.05, 0) is 30.3 Å². The number of hydrogen-bond acceptors (Lipinski definition) is 3. The number of carbonyl (C=O) groups excluding carboxylic acids is 1. The monoisotopic (exact) mass is 281 g/mol. The third kappa shape index (κ3) is 2.36. The molecule has 2 aromatic carbocycles. The number of aromatic nitrogens is 1. The lowest BCUT2D eigenvalue weighted by atomic mass is 10.00. The molecule has 0 saturated carbocycles. The Morgan fingerprint density at radius 1 is 1.14 bits per heavy atom. The predicted octanol–water partition coefficient (Wildman–Crippen LogP) is 3.61. The van der Waals surface area contributed by atoms with Crippen LogP contribution in [0.3, 0.4) is 0 Å². The Balaban J connectivity index is 2.13. The molecule has 0 amide bonds. The van der Waals surface area contributed by atoms with Crippen molar-refractivity contribution < 1.29 is 13.9 Å². The maximum atomic E-state index is 13.4. The van der Waals surface area contributed by atoms with Crippen molar-refractivity contribution in [2.45, 2.75) is 0 Å². The molecule has 0 bridgehead atoms. The molecule has 0 unspecified atom stereocenters. The first-order valence-corrected chi connectivity index (χ1v) is 6.42. The smallest absolute Gasteiger partial charge is 0.195 e. The lowest BCUT2D eigenvalue weighted by molar-refractivity contribution is 0.103. The minimum Gasteiger partial charge on any atom is -0.494 e. The summed E-state index contributed by atoms with van der Waals surface area (Å²) < 4.78 is 18.4. The molecule has 3 aromatic rings. The van der Waals surface area contributed by atoms with Crippen molar-refractivity contribution in [3.8, 4) is 5.75 Å². The molecule has 3 nitrogen and oxygen atoms in total. The van der Waals surface area contributed by atoms with Crippen molar-refractivity contribution in [2.75, 3.05) is 7.11 Å². The van der Waals surface area contributed by atoms with Crippen LogP contribution in [-0.4, -0.2) is 17.9 Å². The zero-order chi connectivity index (χ0) is 14.8. The Labute approximate surface area is 121 Å². The summed E-state index contributed by atoms with van der Waals surface area (Å²) in [5.41, 5.74) is 1.49. The number of carbonyl (C=O) groups is 1. The van der Waals surface area contributed by atoms with E-state index in [1.807, 2.05) is 18.2 Å². The number of para-hydroxylation sites is 1. The molecule has 0 aliphatic rings. The fraction of sp³-hybridized carbons (Fsp3) is 0.0588. The van der Waals surface area contributed by atoms with Crippen LogP contribution in [-0.2, 0) is 0 Å². The molecule has 0 spiro atoms. The summed E-state index contributed by atoms with van der Waals surface area (Å²) in [6.07, 6.45) is 1.64. The van der Waals surface area contributed by atoms with Gasteiger partial charge in [-0.1, -0.05) is 18.2 Å². The van der Waals surface area contributed by atoms with Crippen LogP contribution in [0.4, 0.5) is 4.39 Å². The van der Waals surface area contributed by atoms with E-state index in [2.05, 4.69) is 4.98 Å². The second kappa shape index (κ2) is 5.32. The molecular formula is C17H12FNO2. The van der Waals surface area contributed by atoms with E-state index in [-0.39, 0.29) is 11.5 Å². The van der Waals surface area contributed by atoms with E-state index in [0.29, 0.717) is 16.6 Å². The SMILES string of the molecule is COc1cc(C(=O)c2cccc3cccnc23)ccc1F. The molecule has 0 aliphatic carbocycles. The zero-order valence-electron chi connectivity index (χ0n) is 11.3. The first-order valence-electron chi connectivity index (χ1n) is 6.42. The molecule has 3 rings (SSSR count). The van der Waals surface area contributed by atoms with Crippen LogP contribution in [0.25, 0.3) is 10.9 Å². The predicted molar refractivity (Wildman–Crippen MR) is 78.1 cm³/mol. The number of halogens is 1. The standard InChI is InChI=1S/C17H12FNO2/c1-21-15-10-12(7-8-14(15)18)17(20)13-6-2-4-11-5-3-9-19-16(11)13/h2-10H,1H3. The molecular weight excluding hydrogens is 269 g/mol. The van der Waals surface area contributed by atoms with E-state index in [0.717, 1.165) is 5.39 Å². The number of ketones is 1. The quantitative estimate of drug-likeness (QED) is 0.688. The van der Waals surface area contributed by atoms with E-state index < -0.39 is 5.82 Å². The summed E-state index contributed by atoms with van der Waals surface area (Å²) in [6.45, 7) is 0. The van der Waals surface area contributed by atoms with Crippen molar-refractivity contribution >= 4 is 16.7 Å². The topological polar surface area (TPSA) is 39.2 Å². The van der Waals surface area contributed by atoms with Crippen LogP contribution < -0.4 is 4.74 Å². The highest BCUT2D eigenvalue weighted by Gasteiger charge is 2.15. The summed E-state index contributed by atoms with van der Waals surface area (Å²) in [4.78, 5) is 16.9. The van der Waals surface area contributed by atoms with E-state index in [4.69, 9.17) is 4.74 Å². The van der Waals surface area contributed by atoms with Gasteiger partial charge in [-0.2, -0.15) is 0 Å². The largest absolute Gasteiger partial charge is 0.494 e. The van der Waals surface area contributed by atoms with E-state index in [1.54, 1.807) is 18.3 Å². The van der Waals surface area contributed by atoms with Gasteiger partial charge in [0.25, 0.3) is 0 Å². The average Bonchev–Trinajstić information content (AvgIpc) is 2.54. The number of benzene rings is 2. The van der Waals surface area contributed by atoms with Crippen LogP contribution >= 0.6 is 0 Å². The molecule has 0 aliphatic heterocycles. The summed E-state index contributed by atoms with van der Waals surface area (Å²) in [5, 5.41) is 0.887. The van der Waals surface area contributed by atoms with Gasteiger partial charge >= 0.3 is 0 Å². The van der Waals surface area contributed by atoms with Crippen LogP contribution in [0.15, 0.2) is 54.7 Å². The van der Waals surface area contributed by atoms with Crippen LogP contribution in [0.2, 0.25) is 0 Å². The van der Waals surface area contributed by atoms with Gasteiger partial charge in [-0.15, -0.1) is 0 Å². The van der Waals surface area contributed by atoms with E-state index >= 15 is 0 Å². The highest BCUT2D eigenvalue weighted by molar-refractivity contribution is 6.15. The first-order chi connectivity index (χ1) is 10.2. The molecule has 4 heteroatoms. The van der Waals surface area contributed by atoms with E-state index in [9.17, 15) is 9.18 Å². The van der Waals surface area contributed by atoms with E-state index in [1.165, 1.54) is 25.3 Å². The fourth-order valence-corrected chi connectivity index (χ4v) is 2.24. The van der Waals surface area contributed by atoms with Gasteiger partial charge in [0, 0.05) is 22.7 Å². The first kappa shape index (κ1) is 13.2. The van der Waals surface area contributed by atoms with Crippen LogP contribution in [0.1, 0.15) is 15.9 Å². The van der Waals surface area contributed by atoms with Crippen LogP contribution in [0, 0.1) is 5.82 Å². The molecule has 0 radical (unpaired) electrons. The molecule has 0 saturated heterocycles. The van der Waals surface area contributed by atoms with Gasteiger partial charge in [0.2, 0.25) is 0 Å². The van der Waals surface area contributed by atoms with Crippen molar-refractivity contribution in [1.82, 2.24) is 4.98 Å². The Kier molecular flexibility index (Phi) is 3.36. The molecule has 104 valence electrons. The lowest BCUT2D eigenvalue weighted by Gasteiger charge is -2.07. The van der Waals surface area contributed by atoms with Crippen molar-refractivity contribution in [3.05, 3.63) is 71.7 Å². The molecule has 0 fully saturated rings. The lowest BCUT2D eigenvalue weighted by Crippen LogP contribution is -2.04. The Hall–Kier alpha value is -2.75. The van der Waals surface area contributed by atoms with Crippen LogP contribution in [0.5, 0.6) is 5.75 Å². The second-order valence-corrected chi connectivity index (χ2v) is 4.56. The molecule has 0 N–H and O–H groups in total. The summed E-state index contributed by atoms with van der Waals surface area (Å²) >= 11 is 0. The molecule has 21 heavy (non-hydrogen) atoms. The highest BCUT2D eigenvalue weighted by Crippen LogP contribution is 2.23. The molecule has 0 atom stereocenters. The number of rotatable bonds is 3. The molecule has 1 heterocycles. The Morgan fingerprint density at radius 2 is 1.95 bits per heavy atom. The highest BCUT2D eigenvalue weighted by atomic mass is 19.1. The van der Waals surface area contributed by atoms with Gasteiger partial charge in [0.15, 0.2) is 17.3 Å². The Bertz CT molecular complexity index is 825. The van der Waals surface area contributed by atoms with Gasteiger partial charge in [0.1, 0.15) is 0 Å². The minimum atomic E-state index is -0.495. The van der Waals surface area contributed by atoms with Gasteiger partial charge in [-0.3, -0.25) is 9.78 Å². The number of pyridine rings is 1. The van der Waals surface area contributed by atoms with Gasteiger partial charge in [-0.25, -0.2) is 4.39 Å². The maximum absolute atomic E-state index is 13.4. The number of methoxy groups -OCH3 is 1. The second-order valence-electron chi connectivity index (χ2n) is 4.56. The summed E-state index contributed by atoms with van der Waals surface area (Å²) in [6, 6.07) is 13.2. The minimum absolute atomic E-state index is 0.0500. The number of hydrogen-bond donors (Lipinski definition) is 0. The van der Waals surface area contributed by atoms with Crippen molar-refractivity contribution in [3.63, 3.8) is 0 Å². The normalized spacial score (nSPS) is 10.6. The number of fused-ring (bicyclic) bond motifs is 1. The number of nitrogens with zero attached hydrogens (tertiary/aromatic N) is 1. The van der Waals surface area contributed by atoms with Crippen molar-refractivity contribution in [2.24, 2.45) is 0 Å². The number of ether oxygens (including phenoxy) is 1. The van der Waals surface area contributed by atoms with Crippen molar-refractivity contribution in [1.29, 1.82) is 0 Å². The van der Waals surface area contributed by atoms with Gasteiger partial charge in [0.05, 0.1) is 12.6 Å². The van der Waals surface area contributed by atoms with Gasteiger partial charge < -0.3 is 4.74 Å². The summed E-state index contributed by atoms with van der Waals surface area (Å²) in [7, 11) is 1.37. The third-order valence-corrected chi connectivity index (χ3v) is 3.29.